The highest BCUT2D eigenvalue weighted by atomic mass is 16.5. The summed E-state index contributed by atoms with van der Waals surface area (Å²) in [7, 11) is 1.71. The normalized spacial score (nSPS) is 10.5. The number of fused-ring (bicyclic) bond motifs is 1. The molecule has 0 heterocycles. The van der Waals surface area contributed by atoms with Gasteiger partial charge in [-0.1, -0.05) is 54.6 Å². The first-order chi connectivity index (χ1) is 8.88. The molecule has 0 aromatic heterocycles. The van der Waals surface area contributed by atoms with Gasteiger partial charge in [-0.3, -0.25) is 0 Å². The first-order valence-corrected chi connectivity index (χ1v) is 6.01. The topological polar surface area (TPSA) is 9.23 Å². The average molecular weight is 234 g/mol. The largest absolute Gasteiger partial charge is 0.497 e. The molecule has 0 spiro atoms. The van der Waals surface area contributed by atoms with Crippen LogP contribution in [-0.4, -0.2) is 7.11 Å². The van der Waals surface area contributed by atoms with Gasteiger partial charge in [-0.2, -0.15) is 0 Å². The monoisotopic (exact) mass is 234 g/mol. The van der Waals surface area contributed by atoms with Crippen LogP contribution in [-0.2, 0) is 0 Å². The predicted octanol–water partition coefficient (Wildman–Crippen LogP) is 4.52. The van der Waals surface area contributed by atoms with Gasteiger partial charge in [0.2, 0.25) is 0 Å². The quantitative estimate of drug-likeness (QED) is 0.633. The number of rotatable bonds is 2. The first kappa shape index (κ1) is 10.8. The molecule has 0 unspecified atom stereocenters. The lowest BCUT2D eigenvalue weighted by molar-refractivity contribution is 0.415. The van der Waals surface area contributed by atoms with Gasteiger partial charge < -0.3 is 4.74 Å². The maximum Gasteiger partial charge on any atom is 0.120 e. The summed E-state index contributed by atoms with van der Waals surface area (Å²) in [4.78, 5) is 0. The Balaban J connectivity index is 2.33. The van der Waals surface area contributed by atoms with Crippen molar-refractivity contribution in [2.24, 2.45) is 0 Å². The molecule has 0 aliphatic heterocycles. The van der Waals surface area contributed by atoms with Crippen molar-refractivity contribution in [1.82, 2.24) is 0 Å². The zero-order valence-corrected chi connectivity index (χ0v) is 10.3. The molecule has 0 bridgehead atoms. The molecule has 0 N–H and O–H groups in total. The van der Waals surface area contributed by atoms with Crippen LogP contribution >= 0.6 is 0 Å². The van der Waals surface area contributed by atoms with Crippen LogP contribution < -0.4 is 4.74 Å². The van der Waals surface area contributed by atoms with Crippen LogP contribution in [0, 0.1) is 0 Å². The Morgan fingerprint density at radius 2 is 1.50 bits per heavy atom. The van der Waals surface area contributed by atoms with E-state index in [1.807, 2.05) is 6.07 Å². The fraction of sp³-hybridized carbons (Fsp3) is 0.0588. The van der Waals surface area contributed by atoms with Gasteiger partial charge in [0.1, 0.15) is 5.75 Å². The Kier molecular flexibility index (Phi) is 2.73. The standard InChI is InChI=1S/C17H14O/c1-18-15-11-14-9-5-6-10-16(14)17(12-15)13-7-3-2-4-8-13/h2-12H,1H3. The van der Waals surface area contributed by atoms with E-state index in [4.69, 9.17) is 4.74 Å². The Bertz CT molecular complexity index is 672. The van der Waals surface area contributed by atoms with E-state index in [9.17, 15) is 0 Å². The summed E-state index contributed by atoms with van der Waals surface area (Å²) in [6.45, 7) is 0. The zero-order valence-electron chi connectivity index (χ0n) is 10.3. The zero-order chi connectivity index (χ0) is 12.4. The van der Waals surface area contributed by atoms with E-state index in [0.29, 0.717) is 0 Å². The van der Waals surface area contributed by atoms with Gasteiger partial charge >= 0.3 is 0 Å². The lowest BCUT2D eigenvalue weighted by atomic mass is 9.98. The molecule has 0 fully saturated rings. The van der Waals surface area contributed by atoms with Gasteiger partial charge in [-0.15, -0.1) is 0 Å². The molecule has 18 heavy (non-hydrogen) atoms. The van der Waals surface area contributed by atoms with Crippen molar-refractivity contribution in [3.8, 4) is 16.9 Å². The minimum Gasteiger partial charge on any atom is -0.497 e. The van der Waals surface area contributed by atoms with Crippen molar-refractivity contribution < 1.29 is 4.74 Å². The van der Waals surface area contributed by atoms with Gasteiger partial charge in [0, 0.05) is 0 Å². The Labute approximate surface area is 107 Å². The molecule has 0 saturated heterocycles. The second-order valence-corrected chi connectivity index (χ2v) is 4.26. The van der Waals surface area contributed by atoms with Crippen LogP contribution in [0.4, 0.5) is 0 Å². The van der Waals surface area contributed by atoms with E-state index in [0.717, 1.165) is 5.75 Å². The van der Waals surface area contributed by atoms with E-state index >= 15 is 0 Å². The summed E-state index contributed by atoms with van der Waals surface area (Å²) >= 11 is 0. The minimum atomic E-state index is 0.896. The Morgan fingerprint density at radius 1 is 0.778 bits per heavy atom. The maximum atomic E-state index is 5.38. The van der Waals surface area contributed by atoms with E-state index in [-0.39, 0.29) is 0 Å². The number of hydrogen-bond acceptors (Lipinski definition) is 1. The van der Waals surface area contributed by atoms with E-state index in [1.54, 1.807) is 7.11 Å². The molecule has 1 heteroatoms. The third-order valence-corrected chi connectivity index (χ3v) is 3.16. The van der Waals surface area contributed by atoms with Crippen LogP contribution in [0.2, 0.25) is 0 Å². The number of ether oxygens (including phenoxy) is 1. The van der Waals surface area contributed by atoms with Crippen molar-refractivity contribution in [3.63, 3.8) is 0 Å². The van der Waals surface area contributed by atoms with Gasteiger partial charge in [-0.25, -0.2) is 0 Å². The van der Waals surface area contributed by atoms with Crippen LogP contribution in [0.25, 0.3) is 21.9 Å². The van der Waals surface area contributed by atoms with Gasteiger partial charge in [0.25, 0.3) is 0 Å². The molecule has 0 amide bonds. The van der Waals surface area contributed by atoms with Crippen LogP contribution in [0.3, 0.4) is 0 Å². The fourth-order valence-electron chi connectivity index (χ4n) is 2.26. The third-order valence-electron chi connectivity index (χ3n) is 3.16. The van der Waals surface area contributed by atoms with Gasteiger partial charge in [0.15, 0.2) is 0 Å². The first-order valence-electron chi connectivity index (χ1n) is 6.01. The van der Waals surface area contributed by atoms with Crippen molar-refractivity contribution in [3.05, 3.63) is 66.7 Å². The number of methoxy groups -OCH3 is 1. The van der Waals surface area contributed by atoms with Crippen molar-refractivity contribution in [1.29, 1.82) is 0 Å². The second kappa shape index (κ2) is 4.53. The molecule has 88 valence electrons. The lowest BCUT2D eigenvalue weighted by Gasteiger charge is -2.09. The van der Waals surface area contributed by atoms with Crippen molar-refractivity contribution in [2.45, 2.75) is 0 Å². The molecule has 0 saturated carbocycles. The highest BCUT2D eigenvalue weighted by molar-refractivity contribution is 5.97. The Morgan fingerprint density at radius 3 is 2.28 bits per heavy atom. The van der Waals surface area contributed by atoms with E-state index < -0.39 is 0 Å². The number of hydrogen-bond donors (Lipinski definition) is 0. The number of benzene rings is 3. The summed E-state index contributed by atoms with van der Waals surface area (Å²) in [5, 5.41) is 2.46. The molecule has 1 nitrogen and oxygen atoms in total. The molecule has 3 aromatic carbocycles. The smallest absolute Gasteiger partial charge is 0.120 e. The molecule has 0 aliphatic rings. The summed E-state index contributed by atoms with van der Waals surface area (Å²) in [6, 6.07) is 23.0. The molecule has 0 radical (unpaired) electrons. The second-order valence-electron chi connectivity index (χ2n) is 4.26. The van der Waals surface area contributed by atoms with Crippen molar-refractivity contribution in [2.75, 3.05) is 7.11 Å². The Hall–Kier alpha value is -2.28. The average Bonchev–Trinajstić information content (AvgIpc) is 2.47. The predicted molar refractivity (Wildman–Crippen MR) is 75.9 cm³/mol. The van der Waals surface area contributed by atoms with Gasteiger partial charge in [-0.05, 0) is 34.0 Å². The molecule has 3 aromatic rings. The van der Waals surface area contributed by atoms with Crippen molar-refractivity contribution >= 4 is 10.8 Å². The molecule has 0 atom stereocenters. The fourth-order valence-corrected chi connectivity index (χ4v) is 2.26. The van der Waals surface area contributed by atoms with Crippen LogP contribution in [0.1, 0.15) is 0 Å². The van der Waals surface area contributed by atoms with Gasteiger partial charge in [0.05, 0.1) is 7.11 Å². The summed E-state index contributed by atoms with van der Waals surface area (Å²) in [6.07, 6.45) is 0. The molecular weight excluding hydrogens is 220 g/mol. The van der Waals surface area contributed by atoms with E-state index in [2.05, 4.69) is 60.7 Å². The minimum absolute atomic E-state index is 0.896. The molecule has 3 rings (SSSR count). The summed E-state index contributed by atoms with van der Waals surface area (Å²) in [5.74, 6) is 0.896. The van der Waals surface area contributed by atoms with E-state index in [1.165, 1.54) is 21.9 Å². The van der Waals surface area contributed by atoms with Crippen LogP contribution in [0.15, 0.2) is 66.7 Å². The molecule has 0 aliphatic carbocycles. The SMILES string of the molecule is COc1cc(-c2ccccc2)c2ccccc2c1. The highest BCUT2D eigenvalue weighted by Gasteiger charge is 2.05. The lowest BCUT2D eigenvalue weighted by Crippen LogP contribution is -1.86. The van der Waals surface area contributed by atoms with Crippen LogP contribution in [0.5, 0.6) is 5.75 Å². The summed E-state index contributed by atoms with van der Waals surface area (Å²) in [5.41, 5.74) is 2.43. The molecular formula is C17H14O. The third kappa shape index (κ3) is 1.84. The summed E-state index contributed by atoms with van der Waals surface area (Å²) < 4.78 is 5.38. The highest BCUT2D eigenvalue weighted by Crippen LogP contribution is 2.32. The maximum absolute atomic E-state index is 5.38.